The van der Waals surface area contributed by atoms with Crippen LogP contribution in [0.5, 0.6) is 0 Å². The largest absolute Gasteiger partial charge is 0.309 e. The highest BCUT2D eigenvalue weighted by Gasteiger charge is 2.14. The van der Waals surface area contributed by atoms with Crippen molar-refractivity contribution in [3.63, 3.8) is 0 Å². The first-order valence-electron chi connectivity index (χ1n) is 5.65. The van der Waals surface area contributed by atoms with Crippen LogP contribution in [0.3, 0.4) is 0 Å². The van der Waals surface area contributed by atoms with Crippen LogP contribution in [-0.2, 0) is 6.42 Å². The summed E-state index contributed by atoms with van der Waals surface area (Å²) >= 11 is 7.04. The number of hydrogen-bond acceptors (Lipinski definition) is 4. The van der Waals surface area contributed by atoms with Gasteiger partial charge < -0.3 is 5.32 Å². The van der Waals surface area contributed by atoms with E-state index in [-0.39, 0.29) is 0 Å². The molecule has 2 aromatic rings. The second-order valence-corrected chi connectivity index (χ2v) is 6.64. The summed E-state index contributed by atoms with van der Waals surface area (Å²) in [6, 6.07) is 2.59. The van der Waals surface area contributed by atoms with E-state index < -0.39 is 0 Å². The van der Waals surface area contributed by atoms with E-state index >= 15 is 0 Å². The lowest BCUT2D eigenvalue weighted by molar-refractivity contribution is 0.535. The number of nitrogens with zero attached hydrogens (tertiary/aromatic N) is 1. The predicted molar refractivity (Wildman–Crippen MR) is 78.9 cm³/mol. The van der Waals surface area contributed by atoms with Crippen molar-refractivity contribution in [3.8, 4) is 0 Å². The summed E-state index contributed by atoms with van der Waals surface area (Å²) in [5.41, 5.74) is 0. The van der Waals surface area contributed by atoms with Crippen LogP contribution < -0.4 is 5.32 Å². The van der Waals surface area contributed by atoms with E-state index in [1.807, 2.05) is 11.6 Å². The Labute approximate surface area is 118 Å². The summed E-state index contributed by atoms with van der Waals surface area (Å²) in [5, 5.41) is 8.97. The highest BCUT2D eigenvalue weighted by atomic mass is 79.9. The molecule has 1 atom stereocenters. The van der Waals surface area contributed by atoms with Crippen molar-refractivity contribution < 1.29 is 0 Å². The molecule has 0 saturated carbocycles. The third-order valence-electron chi connectivity index (χ3n) is 2.43. The van der Waals surface area contributed by atoms with Gasteiger partial charge in [0.1, 0.15) is 0 Å². The standard InChI is InChI=1S/C12H15BrN2S2/c1-2-3-14-10(7-12-15-4-5-16-12)11-6-9(13)8-17-11/h4-6,8,10,14H,2-3,7H2,1H3. The Hall–Kier alpha value is -0.230. The predicted octanol–water partition coefficient (Wildman–Crippen LogP) is 4.25. The van der Waals surface area contributed by atoms with Crippen LogP contribution in [-0.4, -0.2) is 11.5 Å². The zero-order chi connectivity index (χ0) is 12.1. The summed E-state index contributed by atoms with van der Waals surface area (Å²) in [6.45, 7) is 3.24. The molecule has 2 heterocycles. The molecular formula is C12H15BrN2S2. The Bertz CT molecular complexity index is 439. The summed E-state index contributed by atoms with van der Waals surface area (Å²) in [7, 11) is 0. The van der Waals surface area contributed by atoms with E-state index in [9.17, 15) is 0 Å². The molecule has 92 valence electrons. The van der Waals surface area contributed by atoms with Crippen LogP contribution in [0.4, 0.5) is 0 Å². The van der Waals surface area contributed by atoms with Gasteiger partial charge >= 0.3 is 0 Å². The van der Waals surface area contributed by atoms with Gasteiger partial charge in [0.15, 0.2) is 0 Å². The summed E-state index contributed by atoms with van der Waals surface area (Å²) in [4.78, 5) is 5.74. The van der Waals surface area contributed by atoms with Crippen LogP contribution in [0.1, 0.15) is 29.3 Å². The molecule has 0 fully saturated rings. The first-order chi connectivity index (χ1) is 8.29. The van der Waals surface area contributed by atoms with Crippen molar-refractivity contribution in [2.24, 2.45) is 0 Å². The number of thiophene rings is 1. The van der Waals surface area contributed by atoms with Crippen LogP contribution >= 0.6 is 38.6 Å². The number of aromatic nitrogens is 1. The van der Waals surface area contributed by atoms with E-state index in [1.54, 1.807) is 22.7 Å². The van der Waals surface area contributed by atoms with E-state index in [0.29, 0.717) is 6.04 Å². The Morgan fingerprint density at radius 2 is 2.35 bits per heavy atom. The lowest BCUT2D eigenvalue weighted by Crippen LogP contribution is -2.23. The van der Waals surface area contributed by atoms with E-state index in [4.69, 9.17) is 0 Å². The van der Waals surface area contributed by atoms with Crippen LogP contribution in [0.15, 0.2) is 27.5 Å². The minimum atomic E-state index is 0.386. The minimum Gasteiger partial charge on any atom is -0.309 e. The van der Waals surface area contributed by atoms with Crippen molar-refractivity contribution in [1.29, 1.82) is 0 Å². The maximum absolute atomic E-state index is 4.37. The second-order valence-electron chi connectivity index (χ2n) is 3.80. The molecule has 2 rings (SSSR count). The highest BCUT2D eigenvalue weighted by molar-refractivity contribution is 9.10. The highest BCUT2D eigenvalue weighted by Crippen LogP contribution is 2.28. The summed E-state index contributed by atoms with van der Waals surface area (Å²) in [6.07, 6.45) is 4.01. The zero-order valence-electron chi connectivity index (χ0n) is 9.65. The zero-order valence-corrected chi connectivity index (χ0v) is 12.9. The molecule has 0 aliphatic carbocycles. The van der Waals surface area contributed by atoms with E-state index in [1.165, 1.54) is 14.4 Å². The third-order valence-corrected chi connectivity index (χ3v) is 5.04. The third kappa shape index (κ3) is 3.88. The molecule has 2 aromatic heterocycles. The van der Waals surface area contributed by atoms with Gasteiger partial charge in [-0.25, -0.2) is 4.98 Å². The van der Waals surface area contributed by atoms with Crippen molar-refractivity contribution in [2.75, 3.05) is 6.54 Å². The van der Waals surface area contributed by atoms with Crippen LogP contribution in [0, 0.1) is 0 Å². The number of hydrogen-bond donors (Lipinski definition) is 1. The maximum atomic E-state index is 4.37. The minimum absolute atomic E-state index is 0.386. The molecule has 1 unspecified atom stereocenters. The number of halogens is 1. The topological polar surface area (TPSA) is 24.9 Å². The van der Waals surface area contributed by atoms with Crippen molar-refractivity contribution in [2.45, 2.75) is 25.8 Å². The fraction of sp³-hybridized carbons (Fsp3) is 0.417. The first-order valence-corrected chi connectivity index (χ1v) is 8.20. The Morgan fingerprint density at radius 3 is 2.94 bits per heavy atom. The van der Waals surface area contributed by atoms with Gasteiger partial charge in [0.2, 0.25) is 0 Å². The molecule has 2 nitrogen and oxygen atoms in total. The molecule has 0 radical (unpaired) electrons. The Balaban J connectivity index is 2.07. The van der Waals surface area contributed by atoms with Crippen LogP contribution in [0.25, 0.3) is 0 Å². The Morgan fingerprint density at radius 1 is 1.47 bits per heavy atom. The quantitative estimate of drug-likeness (QED) is 0.856. The normalized spacial score (nSPS) is 12.8. The molecule has 0 aliphatic rings. The van der Waals surface area contributed by atoms with E-state index in [2.05, 4.69) is 44.6 Å². The SMILES string of the molecule is CCCNC(Cc1nccs1)c1cc(Br)cs1. The summed E-state index contributed by atoms with van der Waals surface area (Å²) < 4.78 is 1.17. The second kappa shape index (κ2) is 6.64. The molecule has 0 bridgehead atoms. The molecule has 5 heteroatoms. The summed E-state index contributed by atoms with van der Waals surface area (Å²) in [5.74, 6) is 0. The van der Waals surface area contributed by atoms with Gasteiger partial charge in [0, 0.05) is 38.8 Å². The lowest BCUT2D eigenvalue weighted by Gasteiger charge is -2.15. The van der Waals surface area contributed by atoms with Crippen molar-refractivity contribution >= 4 is 38.6 Å². The molecule has 17 heavy (non-hydrogen) atoms. The van der Waals surface area contributed by atoms with Gasteiger partial charge in [-0.3, -0.25) is 0 Å². The van der Waals surface area contributed by atoms with Gasteiger partial charge in [0.05, 0.1) is 5.01 Å². The Kier molecular flexibility index (Phi) is 5.16. The fourth-order valence-electron chi connectivity index (χ4n) is 1.63. The molecule has 0 amide bonds. The monoisotopic (exact) mass is 330 g/mol. The number of nitrogens with one attached hydrogen (secondary N) is 1. The lowest BCUT2D eigenvalue weighted by atomic mass is 10.1. The average molecular weight is 331 g/mol. The van der Waals surface area contributed by atoms with Gasteiger partial charge in [-0.1, -0.05) is 6.92 Å². The van der Waals surface area contributed by atoms with Gasteiger partial charge in [-0.15, -0.1) is 22.7 Å². The van der Waals surface area contributed by atoms with Crippen molar-refractivity contribution in [1.82, 2.24) is 10.3 Å². The molecule has 0 aromatic carbocycles. The molecule has 0 aliphatic heterocycles. The molecule has 0 saturated heterocycles. The maximum Gasteiger partial charge on any atom is 0.0944 e. The van der Waals surface area contributed by atoms with E-state index in [0.717, 1.165) is 19.4 Å². The average Bonchev–Trinajstić information content (AvgIpc) is 2.95. The molecule has 1 N–H and O–H groups in total. The number of thiazole rings is 1. The van der Waals surface area contributed by atoms with Gasteiger partial charge in [-0.05, 0) is 35.0 Å². The van der Waals surface area contributed by atoms with Crippen LogP contribution in [0.2, 0.25) is 0 Å². The molecular weight excluding hydrogens is 316 g/mol. The molecule has 0 spiro atoms. The smallest absolute Gasteiger partial charge is 0.0944 e. The van der Waals surface area contributed by atoms with Gasteiger partial charge in [0.25, 0.3) is 0 Å². The van der Waals surface area contributed by atoms with Crippen molar-refractivity contribution in [3.05, 3.63) is 37.4 Å². The fourth-order valence-corrected chi connectivity index (χ4v) is 3.82. The first kappa shape index (κ1) is 13.2. The number of rotatable bonds is 6. The van der Waals surface area contributed by atoms with Gasteiger partial charge in [-0.2, -0.15) is 0 Å².